The topological polar surface area (TPSA) is 90.1 Å². The van der Waals surface area contributed by atoms with Gasteiger partial charge >= 0.3 is 11.9 Å². The SMILES string of the molecule is O=C(O)c1ccc(C#Cc2cc3c(C#Cc4ccc(C(=O)O)cc4)cc2C[n+]2ccc(cc2)-c2cc[n+](cc2)Cc2ccc(cc2)C[n+]2ccc(cc2)-c2cc[n+](cc2)C3)cc1. The Morgan fingerprint density at radius 1 is 0.371 bits per heavy atom. The van der Waals surface area contributed by atoms with Gasteiger partial charge in [0, 0.05) is 93.0 Å². The van der Waals surface area contributed by atoms with Crippen molar-refractivity contribution in [3.05, 3.63) is 239 Å². The fraction of sp³-hybridized carbons (Fsp3) is 0.0741. The number of carboxylic acid groups (broad SMARTS) is 2. The predicted molar refractivity (Wildman–Crippen MR) is 233 cm³/mol. The normalized spacial score (nSPS) is 11.6. The van der Waals surface area contributed by atoms with Crippen LogP contribution in [0.15, 0.2) is 183 Å². The highest BCUT2D eigenvalue weighted by atomic mass is 16.4. The fourth-order valence-corrected chi connectivity index (χ4v) is 7.44. The highest BCUT2D eigenvalue weighted by Crippen LogP contribution is 2.21. The first-order valence-electron chi connectivity index (χ1n) is 20.2. The smallest absolute Gasteiger partial charge is 0.335 e. The van der Waals surface area contributed by atoms with Crippen molar-refractivity contribution >= 4 is 11.9 Å². The Bertz CT molecular complexity index is 2850. The monoisotopic (exact) mass is 808 g/mol. The number of nitrogens with zero attached hydrogens (tertiary/aromatic N) is 4. The molecule has 0 saturated carbocycles. The summed E-state index contributed by atoms with van der Waals surface area (Å²) < 4.78 is 8.61. The maximum atomic E-state index is 11.5. The van der Waals surface area contributed by atoms with Gasteiger partial charge in [-0.1, -0.05) is 47.9 Å². The summed E-state index contributed by atoms with van der Waals surface area (Å²) in [6.45, 7) is 2.57. The third-order valence-corrected chi connectivity index (χ3v) is 11.0. The Labute approximate surface area is 359 Å². The Balaban J connectivity index is 1.14. The molecule has 12 bridgehead atoms. The summed E-state index contributed by atoms with van der Waals surface area (Å²) in [6.07, 6.45) is 16.8. The molecule has 2 N–H and O–H groups in total. The van der Waals surface area contributed by atoms with Crippen LogP contribution < -0.4 is 18.3 Å². The first-order valence-corrected chi connectivity index (χ1v) is 20.2. The van der Waals surface area contributed by atoms with E-state index in [4.69, 9.17) is 0 Å². The molecule has 0 unspecified atom stereocenters. The molecule has 0 amide bonds. The van der Waals surface area contributed by atoms with E-state index in [1.165, 1.54) is 11.1 Å². The molecule has 0 saturated heterocycles. The van der Waals surface area contributed by atoms with Gasteiger partial charge in [-0.3, -0.25) is 0 Å². The number of hydrogen-bond donors (Lipinski definition) is 2. The molecule has 24 rings (SSSR count). The van der Waals surface area contributed by atoms with Crippen LogP contribution in [-0.4, -0.2) is 22.2 Å². The molecule has 0 fully saturated rings. The quantitative estimate of drug-likeness (QED) is 0.148. The summed E-state index contributed by atoms with van der Waals surface area (Å²) in [6, 6.07) is 43.2. The Morgan fingerprint density at radius 2 is 0.661 bits per heavy atom. The number of rotatable bonds is 2. The molecular weight excluding hydrogens is 769 g/mol. The van der Waals surface area contributed by atoms with Crippen LogP contribution in [0.1, 0.15) is 65.2 Å². The van der Waals surface area contributed by atoms with E-state index in [0.29, 0.717) is 24.2 Å². The predicted octanol–water partition coefficient (Wildman–Crippen LogP) is 6.87. The average Bonchev–Trinajstić information content (AvgIpc) is 3.30. The van der Waals surface area contributed by atoms with Crippen molar-refractivity contribution in [3.8, 4) is 45.9 Å². The van der Waals surface area contributed by atoms with Gasteiger partial charge in [0.05, 0.1) is 11.1 Å². The van der Waals surface area contributed by atoms with Crippen LogP contribution in [-0.2, 0) is 26.2 Å². The minimum atomic E-state index is -0.988. The van der Waals surface area contributed by atoms with Crippen LogP contribution in [0.25, 0.3) is 22.3 Å². The Morgan fingerprint density at radius 3 is 0.952 bits per heavy atom. The molecule has 16 aliphatic heterocycles. The van der Waals surface area contributed by atoms with Crippen molar-refractivity contribution in [2.45, 2.75) is 26.2 Å². The van der Waals surface area contributed by atoms with Crippen LogP contribution in [0.3, 0.4) is 0 Å². The summed E-state index contributed by atoms with van der Waals surface area (Å²) >= 11 is 0. The van der Waals surface area contributed by atoms with E-state index in [1.807, 2.05) is 0 Å². The van der Waals surface area contributed by atoms with Crippen molar-refractivity contribution in [1.82, 2.24) is 0 Å². The molecule has 0 atom stereocenters. The van der Waals surface area contributed by atoms with Crippen LogP contribution in [0.4, 0.5) is 0 Å². The van der Waals surface area contributed by atoms with Gasteiger partial charge in [0.25, 0.3) is 0 Å². The van der Waals surface area contributed by atoms with Crippen molar-refractivity contribution in [3.63, 3.8) is 0 Å². The van der Waals surface area contributed by atoms with E-state index in [1.54, 1.807) is 48.5 Å². The largest absolute Gasteiger partial charge is 0.478 e. The number of carbonyl (C=O) groups is 2. The van der Waals surface area contributed by atoms with Crippen LogP contribution in [0, 0.1) is 23.7 Å². The third-order valence-electron chi connectivity index (χ3n) is 11.0. The number of pyridine rings is 4. The molecule has 4 aromatic heterocycles. The Kier molecular flexibility index (Phi) is 11.0. The molecule has 4 aromatic carbocycles. The summed E-state index contributed by atoms with van der Waals surface area (Å²) in [5, 5.41) is 18.9. The highest BCUT2D eigenvalue weighted by Gasteiger charge is 2.17. The number of aromatic carboxylic acids is 2. The first-order chi connectivity index (χ1) is 30.3. The van der Waals surface area contributed by atoms with E-state index in [2.05, 4.69) is 176 Å². The average molecular weight is 809 g/mol. The molecule has 20 heterocycles. The maximum absolute atomic E-state index is 11.5. The number of hydrogen-bond acceptors (Lipinski definition) is 2. The molecule has 0 spiro atoms. The second kappa shape index (κ2) is 17.4. The second-order valence-corrected chi connectivity index (χ2v) is 15.3. The van der Waals surface area contributed by atoms with Crippen LogP contribution in [0.2, 0.25) is 0 Å². The molecule has 8 aromatic rings. The molecule has 8 heteroatoms. The summed E-state index contributed by atoms with van der Waals surface area (Å²) in [5.74, 6) is 11.4. The second-order valence-electron chi connectivity index (χ2n) is 15.3. The van der Waals surface area contributed by atoms with Gasteiger partial charge in [0.1, 0.15) is 0 Å². The van der Waals surface area contributed by atoms with E-state index in [9.17, 15) is 19.8 Å². The summed E-state index contributed by atoms with van der Waals surface area (Å²) in [4.78, 5) is 23.0. The summed E-state index contributed by atoms with van der Waals surface area (Å²) in [5.41, 5.74) is 12.2. The van der Waals surface area contributed by atoms with Gasteiger partial charge in [-0.15, -0.1) is 0 Å². The summed E-state index contributed by atoms with van der Waals surface area (Å²) in [7, 11) is 0. The zero-order valence-corrected chi connectivity index (χ0v) is 33.6. The lowest BCUT2D eigenvalue weighted by atomic mass is 9.97. The molecule has 0 aliphatic carbocycles. The molecule has 62 heavy (non-hydrogen) atoms. The van der Waals surface area contributed by atoms with Gasteiger partial charge in [0.2, 0.25) is 0 Å². The van der Waals surface area contributed by atoms with Gasteiger partial charge in [-0.25, -0.2) is 27.9 Å². The van der Waals surface area contributed by atoms with E-state index >= 15 is 0 Å². The first kappa shape index (κ1) is 39.0. The van der Waals surface area contributed by atoms with Crippen molar-refractivity contribution in [2.24, 2.45) is 0 Å². The zero-order chi connectivity index (χ0) is 42.4. The standard InChI is InChI=1S/C54H38N4O4/c59-53(60)47-11-5-39(6-12-47)9-15-49-34-52-38-58-31-23-46(24-32-58)44-19-27-56(28-20-44)36-42-2-1-41(3-4-42)35-55-25-17-43(18-26-55)45-21-29-57(30-22-45)37-51(49)33-50(52)16-10-40-7-13-48(14-8-40)54(61)62/h1-8,11-14,17-34H,35-38H2/q+2/p+2. The molecular formula is C54H40N4O4+4. The van der Waals surface area contributed by atoms with Crippen molar-refractivity contribution < 1.29 is 38.1 Å². The van der Waals surface area contributed by atoms with E-state index in [0.717, 1.165) is 57.6 Å². The maximum Gasteiger partial charge on any atom is 0.335 e. The molecule has 8 nitrogen and oxygen atoms in total. The van der Waals surface area contributed by atoms with Gasteiger partial charge in [-0.05, 0) is 82.9 Å². The molecule has 296 valence electrons. The third kappa shape index (κ3) is 9.21. The van der Waals surface area contributed by atoms with Crippen LogP contribution in [0.5, 0.6) is 0 Å². The van der Waals surface area contributed by atoms with Gasteiger partial charge in [-0.2, -0.15) is 0 Å². The number of carboxylic acids is 2. The van der Waals surface area contributed by atoms with Gasteiger partial charge < -0.3 is 10.2 Å². The molecule has 16 aliphatic rings. The lowest BCUT2D eigenvalue weighted by molar-refractivity contribution is -0.689. The number of benzene rings is 4. The Hall–Kier alpha value is -8.46. The zero-order valence-electron chi connectivity index (χ0n) is 33.6. The van der Waals surface area contributed by atoms with E-state index in [-0.39, 0.29) is 11.1 Å². The highest BCUT2D eigenvalue weighted by molar-refractivity contribution is 5.88. The number of aromatic nitrogens is 4. The fourth-order valence-electron chi connectivity index (χ4n) is 7.44. The molecule has 0 radical (unpaired) electrons. The minimum absolute atomic E-state index is 0.201. The van der Waals surface area contributed by atoms with Crippen molar-refractivity contribution in [2.75, 3.05) is 0 Å². The lowest BCUT2D eigenvalue weighted by Gasteiger charge is -2.09. The minimum Gasteiger partial charge on any atom is -0.478 e. The lowest BCUT2D eigenvalue weighted by Crippen LogP contribution is -2.35. The van der Waals surface area contributed by atoms with Crippen molar-refractivity contribution in [1.29, 1.82) is 0 Å². The van der Waals surface area contributed by atoms with Gasteiger partial charge in [0.15, 0.2) is 75.8 Å². The van der Waals surface area contributed by atoms with E-state index < -0.39 is 11.9 Å². The van der Waals surface area contributed by atoms with Crippen LogP contribution >= 0.6 is 0 Å².